The number of ether oxygens (including phenoxy) is 1. The predicted molar refractivity (Wildman–Crippen MR) is 160 cm³/mol. The molecule has 0 bridgehead atoms. The van der Waals surface area contributed by atoms with Crippen LogP contribution in [0, 0.1) is 0 Å². The molecule has 0 aliphatic carbocycles. The molecule has 2 heterocycles. The molecule has 224 valence electrons. The second-order valence-corrected chi connectivity index (χ2v) is 10.6. The Kier molecular flexibility index (Phi) is 8.54. The quantitative estimate of drug-likeness (QED) is 0.267. The molecule has 2 N–H and O–H groups in total. The van der Waals surface area contributed by atoms with Crippen LogP contribution in [0.5, 0.6) is 11.5 Å². The van der Waals surface area contributed by atoms with Gasteiger partial charge in [0.1, 0.15) is 17.2 Å². The molecule has 4 aromatic rings. The number of nitrogens with zero attached hydrogens (tertiary/aromatic N) is 3. The number of fused-ring (bicyclic) bond motifs is 1. The van der Waals surface area contributed by atoms with Gasteiger partial charge in [0, 0.05) is 38.0 Å². The maximum atomic E-state index is 13.7. The van der Waals surface area contributed by atoms with Crippen molar-refractivity contribution in [2.24, 2.45) is 0 Å². The van der Waals surface area contributed by atoms with E-state index in [1.807, 2.05) is 25.1 Å². The van der Waals surface area contributed by atoms with Gasteiger partial charge in [-0.15, -0.1) is 0 Å². The number of pyridine rings is 1. The molecule has 11 heteroatoms. The van der Waals surface area contributed by atoms with E-state index in [2.05, 4.69) is 20.5 Å². The highest BCUT2D eigenvalue weighted by Crippen LogP contribution is 2.37. The standard InChI is InChI=1S/C32H32F3N5O3/c1-36-31(42)28-19-24(11-14-37-28)43-23-8-9-25-20(17-23)5-4-6-26(25)30(41)38-27-18-21(32(33,34)35)7-10-29(27)40(3)22-12-15-39(2)16-13-22/h4-11,14,17-19,22H,12-13,15-16H2,1-3H3,(H,36,42)(H,38,41). The number of nitrogens with one attached hydrogen (secondary N) is 2. The summed E-state index contributed by atoms with van der Waals surface area (Å²) >= 11 is 0. The lowest BCUT2D eigenvalue weighted by Gasteiger charge is -2.37. The summed E-state index contributed by atoms with van der Waals surface area (Å²) in [6.07, 6.45) is -1.37. The molecule has 2 amide bonds. The van der Waals surface area contributed by atoms with E-state index in [1.165, 1.54) is 25.4 Å². The number of rotatable bonds is 7. The SMILES string of the molecule is CNC(=O)c1cc(Oc2ccc3c(C(=O)Nc4cc(C(F)(F)F)ccc4N(C)C4CCN(C)CC4)cccc3c2)ccn1. The highest BCUT2D eigenvalue weighted by Gasteiger charge is 2.32. The van der Waals surface area contributed by atoms with Crippen molar-refractivity contribution in [1.82, 2.24) is 15.2 Å². The van der Waals surface area contributed by atoms with Gasteiger partial charge in [0.05, 0.1) is 16.9 Å². The van der Waals surface area contributed by atoms with Crippen molar-refractivity contribution in [1.29, 1.82) is 0 Å². The average Bonchev–Trinajstić information content (AvgIpc) is 3.00. The van der Waals surface area contributed by atoms with Gasteiger partial charge >= 0.3 is 6.18 Å². The molecule has 0 spiro atoms. The summed E-state index contributed by atoms with van der Waals surface area (Å²) in [6, 6.07) is 17.0. The minimum absolute atomic E-state index is 0.0998. The van der Waals surface area contributed by atoms with Crippen LogP contribution in [0.2, 0.25) is 0 Å². The zero-order valence-corrected chi connectivity index (χ0v) is 24.0. The number of halogens is 3. The number of anilines is 2. The van der Waals surface area contributed by atoms with Crippen LogP contribution in [-0.4, -0.2) is 62.0 Å². The first-order valence-corrected chi connectivity index (χ1v) is 13.9. The van der Waals surface area contributed by atoms with E-state index in [-0.39, 0.29) is 23.3 Å². The highest BCUT2D eigenvalue weighted by molar-refractivity contribution is 6.14. The Balaban J connectivity index is 1.42. The Morgan fingerprint density at radius 1 is 0.977 bits per heavy atom. The van der Waals surface area contributed by atoms with Gasteiger partial charge < -0.3 is 25.2 Å². The topological polar surface area (TPSA) is 86.8 Å². The number of aromatic nitrogens is 1. The fourth-order valence-electron chi connectivity index (χ4n) is 5.27. The first kappa shape index (κ1) is 29.8. The highest BCUT2D eigenvalue weighted by atomic mass is 19.4. The Morgan fingerprint density at radius 2 is 1.72 bits per heavy atom. The molecule has 1 aliphatic heterocycles. The summed E-state index contributed by atoms with van der Waals surface area (Å²) in [5.74, 6) is 0.00809. The third kappa shape index (κ3) is 6.72. The largest absolute Gasteiger partial charge is 0.457 e. The number of likely N-dealkylation sites (tertiary alicyclic amines) is 1. The van der Waals surface area contributed by atoms with Gasteiger partial charge in [-0.05, 0) is 92.3 Å². The smallest absolute Gasteiger partial charge is 0.416 e. The molecule has 43 heavy (non-hydrogen) atoms. The van der Waals surface area contributed by atoms with Crippen molar-refractivity contribution < 1.29 is 27.5 Å². The number of carbonyl (C=O) groups excluding carboxylic acids is 2. The second-order valence-electron chi connectivity index (χ2n) is 10.6. The number of carbonyl (C=O) groups is 2. The molecule has 1 saturated heterocycles. The first-order chi connectivity index (χ1) is 20.5. The molecule has 3 aromatic carbocycles. The van der Waals surface area contributed by atoms with E-state index >= 15 is 0 Å². The van der Waals surface area contributed by atoms with Crippen LogP contribution in [0.25, 0.3) is 10.8 Å². The van der Waals surface area contributed by atoms with Crippen LogP contribution >= 0.6 is 0 Å². The first-order valence-electron chi connectivity index (χ1n) is 13.9. The average molecular weight is 592 g/mol. The van der Waals surface area contributed by atoms with Crippen LogP contribution in [-0.2, 0) is 6.18 Å². The predicted octanol–water partition coefficient (Wildman–Crippen LogP) is 6.19. The van der Waals surface area contributed by atoms with Crippen molar-refractivity contribution in [2.45, 2.75) is 25.1 Å². The summed E-state index contributed by atoms with van der Waals surface area (Å²) < 4.78 is 47.0. The van der Waals surface area contributed by atoms with Crippen LogP contribution < -0.4 is 20.3 Å². The van der Waals surface area contributed by atoms with Crippen LogP contribution in [0.15, 0.2) is 72.9 Å². The number of amides is 2. The molecule has 1 aliphatic rings. The van der Waals surface area contributed by atoms with E-state index in [9.17, 15) is 22.8 Å². The van der Waals surface area contributed by atoms with E-state index in [0.717, 1.165) is 38.1 Å². The lowest BCUT2D eigenvalue weighted by Crippen LogP contribution is -2.42. The minimum Gasteiger partial charge on any atom is -0.457 e. The number of alkyl halides is 3. The molecule has 8 nitrogen and oxygen atoms in total. The van der Waals surface area contributed by atoms with Gasteiger partial charge in [-0.1, -0.05) is 12.1 Å². The molecule has 0 unspecified atom stereocenters. The van der Waals surface area contributed by atoms with E-state index < -0.39 is 17.6 Å². The summed E-state index contributed by atoms with van der Waals surface area (Å²) in [7, 11) is 5.41. The minimum atomic E-state index is -4.56. The maximum absolute atomic E-state index is 13.7. The molecular weight excluding hydrogens is 559 g/mol. The van der Waals surface area contributed by atoms with E-state index in [0.29, 0.717) is 33.5 Å². The van der Waals surface area contributed by atoms with Gasteiger partial charge in [0.2, 0.25) is 0 Å². The number of benzene rings is 3. The lowest BCUT2D eigenvalue weighted by atomic mass is 10.0. The zero-order chi connectivity index (χ0) is 30.7. The van der Waals surface area contributed by atoms with Gasteiger partial charge in [0.25, 0.3) is 11.8 Å². The van der Waals surface area contributed by atoms with Crippen molar-refractivity contribution in [2.75, 3.05) is 44.4 Å². The Morgan fingerprint density at radius 3 is 2.44 bits per heavy atom. The van der Waals surface area contributed by atoms with Crippen molar-refractivity contribution in [3.8, 4) is 11.5 Å². The van der Waals surface area contributed by atoms with E-state index in [4.69, 9.17) is 4.74 Å². The van der Waals surface area contributed by atoms with Gasteiger partial charge in [0.15, 0.2) is 0 Å². The van der Waals surface area contributed by atoms with Crippen LogP contribution in [0.3, 0.4) is 0 Å². The summed E-state index contributed by atoms with van der Waals surface area (Å²) in [5, 5.41) is 6.58. The normalized spacial score (nSPS) is 14.4. The Hall–Kier alpha value is -4.64. The Labute approximate surface area is 247 Å². The molecule has 5 rings (SSSR count). The van der Waals surface area contributed by atoms with Crippen LogP contribution in [0.1, 0.15) is 39.3 Å². The number of hydrogen-bond donors (Lipinski definition) is 2. The monoisotopic (exact) mass is 591 g/mol. The maximum Gasteiger partial charge on any atom is 0.416 e. The lowest BCUT2D eigenvalue weighted by molar-refractivity contribution is -0.137. The van der Waals surface area contributed by atoms with E-state index in [1.54, 1.807) is 36.4 Å². The third-order valence-electron chi connectivity index (χ3n) is 7.71. The third-order valence-corrected chi connectivity index (χ3v) is 7.71. The fourth-order valence-corrected chi connectivity index (χ4v) is 5.27. The molecule has 0 saturated carbocycles. The summed E-state index contributed by atoms with van der Waals surface area (Å²) in [5.41, 5.74) is 0.303. The van der Waals surface area contributed by atoms with Crippen molar-refractivity contribution >= 4 is 34.0 Å². The zero-order valence-electron chi connectivity index (χ0n) is 24.0. The van der Waals surface area contributed by atoms with Crippen LogP contribution in [0.4, 0.5) is 24.5 Å². The van der Waals surface area contributed by atoms with Gasteiger partial charge in [-0.3, -0.25) is 14.6 Å². The summed E-state index contributed by atoms with van der Waals surface area (Å²) in [4.78, 5) is 33.7. The molecular formula is C32H32F3N5O3. The number of piperidine rings is 1. The molecule has 0 atom stereocenters. The van der Waals surface area contributed by atoms with Crippen molar-refractivity contribution in [3.63, 3.8) is 0 Å². The molecule has 1 aromatic heterocycles. The fraction of sp³-hybridized carbons (Fsp3) is 0.281. The summed E-state index contributed by atoms with van der Waals surface area (Å²) in [6.45, 7) is 1.77. The number of hydrogen-bond acceptors (Lipinski definition) is 6. The Bertz CT molecular complexity index is 1650. The van der Waals surface area contributed by atoms with Gasteiger partial charge in [-0.2, -0.15) is 13.2 Å². The molecule has 1 fully saturated rings. The van der Waals surface area contributed by atoms with Gasteiger partial charge in [-0.25, -0.2) is 0 Å². The van der Waals surface area contributed by atoms with Crippen molar-refractivity contribution in [3.05, 3.63) is 89.7 Å². The second kappa shape index (κ2) is 12.3. The molecule has 0 radical (unpaired) electrons.